The predicted molar refractivity (Wildman–Crippen MR) is 68.7 cm³/mol. The van der Waals surface area contributed by atoms with Crippen molar-refractivity contribution in [1.82, 2.24) is 4.31 Å². The molecule has 19 heavy (non-hydrogen) atoms. The molecule has 1 aliphatic heterocycles. The lowest BCUT2D eigenvalue weighted by atomic mass is 10.2. The van der Waals surface area contributed by atoms with Crippen molar-refractivity contribution in [3.05, 3.63) is 29.6 Å². The maximum absolute atomic E-state index is 13.2. The van der Waals surface area contributed by atoms with Crippen LogP contribution in [0.2, 0.25) is 0 Å². The number of morpholine rings is 1. The molecule has 0 spiro atoms. The quantitative estimate of drug-likeness (QED) is 0.878. The highest BCUT2D eigenvalue weighted by Crippen LogP contribution is 2.20. The highest BCUT2D eigenvalue weighted by atomic mass is 32.2. The van der Waals surface area contributed by atoms with Crippen LogP contribution in [0.5, 0.6) is 0 Å². The lowest BCUT2D eigenvalue weighted by Crippen LogP contribution is -2.48. The maximum atomic E-state index is 13.2. The van der Waals surface area contributed by atoms with Crippen LogP contribution in [0, 0.1) is 12.7 Å². The molecule has 1 aliphatic rings. The Morgan fingerprint density at radius 2 is 2.26 bits per heavy atom. The van der Waals surface area contributed by atoms with E-state index in [4.69, 9.17) is 10.5 Å². The Labute approximate surface area is 112 Å². The first-order chi connectivity index (χ1) is 8.95. The van der Waals surface area contributed by atoms with E-state index in [2.05, 4.69) is 0 Å². The lowest BCUT2D eigenvalue weighted by Gasteiger charge is -2.31. The van der Waals surface area contributed by atoms with Gasteiger partial charge >= 0.3 is 0 Å². The first kappa shape index (κ1) is 14.4. The Bertz CT molecular complexity index is 562. The summed E-state index contributed by atoms with van der Waals surface area (Å²) >= 11 is 0. The largest absolute Gasteiger partial charge is 0.374 e. The molecule has 5 nitrogen and oxygen atoms in total. The highest BCUT2D eigenvalue weighted by Gasteiger charge is 2.30. The van der Waals surface area contributed by atoms with Crippen molar-refractivity contribution in [1.29, 1.82) is 0 Å². The van der Waals surface area contributed by atoms with Crippen molar-refractivity contribution >= 4 is 10.0 Å². The van der Waals surface area contributed by atoms with Crippen molar-refractivity contribution in [3.8, 4) is 0 Å². The molecule has 1 aromatic rings. The molecule has 2 rings (SSSR count). The molecule has 2 N–H and O–H groups in total. The minimum Gasteiger partial charge on any atom is -0.374 e. The van der Waals surface area contributed by atoms with Crippen LogP contribution in [-0.4, -0.2) is 45.1 Å². The molecule has 1 atom stereocenters. The van der Waals surface area contributed by atoms with Crippen LogP contribution in [0.1, 0.15) is 5.56 Å². The Balaban J connectivity index is 2.28. The monoisotopic (exact) mass is 288 g/mol. The molecule has 0 bridgehead atoms. The van der Waals surface area contributed by atoms with Gasteiger partial charge < -0.3 is 10.5 Å². The Hall–Kier alpha value is -1.02. The minimum atomic E-state index is -3.61. The van der Waals surface area contributed by atoms with Gasteiger partial charge in [-0.05, 0) is 30.7 Å². The second kappa shape index (κ2) is 5.54. The van der Waals surface area contributed by atoms with Gasteiger partial charge in [0, 0.05) is 19.6 Å². The number of halogens is 1. The zero-order valence-electron chi connectivity index (χ0n) is 10.7. The summed E-state index contributed by atoms with van der Waals surface area (Å²) in [7, 11) is -3.61. The van der Waals surface area contributed by atoms with E-state index in [9.17, 15) is 12.8 Å². The first-order valence-electron chi connectivity index (χ1n) is 6.03. The standard InChI is InChI=1S/C12H17FN2O3S/c1-9-6-11(2-3-12(9)13)19(16,17)15-4-5-18-10(7-14)8-15/h2-3,6,10H,4-5,7-8,14H2,1H3/t10-/m0/s1. The molecular formula is C12H17FN2O3S. The van der Waals surface area contributed by atoms with E-state index >= 15 is 0 Å². The Morgan fingerprint density at radius 3 is 2.89 bits per heavy atom. The summed E-state index contributed by atoms with van der Waals surface area (Å²) in [5, 5.41) is 0. The minimum absolute atomic E-state index is 0.101. The molecule has 1 fully saturated rings. The number of ether oxygens (including phenoxy) is 1. The smallest absolute Gasteiger partial charge is 0.243 e. The number of sulfonamides is 1. The van der Waals surface area contributed by atoms with Crippen molar-refractivity contribution < 1.29 is 17.5 Å². The van der Waals surface area contributed by atoms with Gasteiger partial charge in [-0.15, -0.1) is 0 Å². The number of hydrogen-bond donors (Lipinski definition) is 1. The van der Waals surface area contributed by atoms with Crippen molar-refractivity contribution in [2.24, 2.45) is 5.73 Å². The average Bonchev–Trinajstić information content (AvgIpc) is 2.41. The normalized spacial score (nSPS) is 21.5. The first-order valence-corrected chi connectivity index (χ1v) is 7.47. The van der Waals surface area contributed by atoms with Crippen LogP contribution < -0.4 is 5.73 Å². The number of rotatable bonds is 3. The van der Waals surface area contributed by atoms with Gasteiger partial charge in [0.1, 0.15) is 5.82 Å². The predicted octanol–water partition coefficient (Wildman–Crippen LogP) is 0.482. The second-order valence-corrected chi connectivity index (χ2v) is 6.44. The van der Waals surface area contributed by atoms with Crippen molar-refractivity contribution in [2.75, 3.05) is 26.2 Å². The summed E-state index contributed by atoms with van der Waals surface area (Å²) in [6, 6.07) is 3.80. The molecular weight excluding hydrogens is 271 g/mol. The average molecular weight is 288 g/mol. The number of benzene rings is 1. The lowest BCUT2D eigenvalue weighted by molar-refractivity contribution is 0.00450. The fourth-order valence-corrected chi connectivity index (χ4v) is 3.52. The number of nitrogens with two attached hydrogens (primary N) is 1. The molecule has 0 aliphatic carbocycles. The zero-order valence-corrected chi connectivity index (χ0v) is 11.5. The molecule has 1 heterocycles. The van der Waals surface area contributed by atoms with E-state index in [1.165, 1.54) is 29.4 Å². The topological polar surface area (TPSA) is 72.6 Å². The molecule has 7 heteroatoms. The van der Waals surface area contributed by atoms with Gasteiger partial charge in [0.15, 0.2) is 0 Å². The maximum Gasteiger partial charge on any atom is 0.243 e. The molecule has 1 saturated heterocycles. The van der Waals surface area contributed by atoms with Gasteiger partial charge in [0.2, 0.25) is 10.0 Å². The summed E-state index contributed by atoms with van der Waals surface area (Å²) in [6.45, 7) is 2.65. The third-order valence-corrected chi connectivity index (χ3v) is 4.99. The van der Waals surface area contributed by atoms with E-state index in [1.54, 1.807) is 0 Å². The van der Waals surface area contributed by atoms with E-state index < -0.39 is 15.8 Å². The number of hydrogen-bond acceptors (Lipinski definition) is 4. The molecule has 1 aromatic carbocycles. The third-order valence-electron chi connectivity index (χ3n) is 3.13. The molecule has 0 unspecified atom stereocenters. The molecule has 0 radical (unpaired) electrons. The van der Waals surface area contributed by atoms with E-state index in [0.29, 0.717) is 12.2 Å². The fraction of sp³-hybridized carbons (Fsp3) is 0.500. The van der Waals surface area contributed by atoms with Gasteiger partial charge in [-0.3, -0.25) is 0 Å². The van der Waals surface area contributed by atoms with Gasteiger partial charge in [-0.25, -0.2) is 12.8 Å². The van der Waals surface area contributed by atoms with E-state index in [-0.39, 0.29) is 30.6 Å². The summed E-state index contributed by atoms with van der Waals surface area (Å²) in [6.07, 6.45) is -0.287. The molecule has 0 amide bonds. The van der Waals surface area contributed by atoms with E-state index in [1.807, 2.05) is 0 Å². The number of nitrogens with zero attached hydrogens (tertiary/aromatic N) is 1. The van der Waals surface area contributed by atoms with Gasteiger partial charge in [-0.2, -0.15) is 4.31 Å². The van der Waals surface area contributed by atoms with Crippen LogP contribution in [0.15, 0.2) is 23.1 Å². The van der Waals surface area contributed by atoms with Gasteiger partial charge in [0.05, 0.1) is 17.6 Å². The van der Waals surface area contributed by atoms with Crippen LogP contribution in [0.4, 0.5) is 4.39 Å². The van der Waals surface area contributed by atoms with Crippen LogP contribution in [-0.2, 0) is 14.8 Å². The number of aryl methyl sites for hydroxylation is 1. The fourth-order valence-electron chi connectivity index (χ4n) is 1.98. The zero-order chi connectivity index (χ0) is 14.0. The van der Waals surface area contributed by atoms with E-state index in [0.717, 1.165) is 0 Å². The molecule has 0 aromatic heterocycles. The summed E-state index contributed by atoms with van der Waals surface area (Å²) < 4.78 is 44.7. The van der Waals surface area contributed by atoms with Gasteiger partial charge in [-0.1, -0.05) is 0 Å². The highest BCUT2D eigenvalue weighted by molar-refractivity contribution is 7.89. The second-order valence-electron chi connectivity index (χ2n) is 4.50. The van der Waals surface area contributed by atoms with Crippen LogP contribution >= 0.6 is 0 Å². The molecule has 106 valence electrons. The SMILES string of the molecule is Cc1cc(S(=O)(=O)N2CCO[C@@H](CN)C2)ccc1F. The summed E-state index contributed by atoms with van der Waals surface area (Å²) in [5.74, 6) is -0.416. The summed E-state index contributed by atoms with van der Waals surface area (Å²) in [5.41, 5.74) is 5.81. The Kier molecular flexibility index (Phi) is 4.19. The van der Waals surface area contributed by atoms with Crippen molar-refractivity contribution in [3.63, 3.8) is 0 Å². The van der Waals surface area contributed by atoms with Crippen LogP contribution in [0.25, 0.3) is 0 Å². The van der Waals surface area contributed by atoms with Crippen LogP contribution in [0.3, 0.4) is 0 Å². The van der Waals surface area contributed by atoms with Crippen molar-refractivity contribution in [2.45, 2.75) is 17.9 Å². The summed E-state index contributed by atoms with van der Waals surface area (Å²) in [4.78, 5) is 0.101. The molecule has 0 saturated carbocycles. The van der Waals surface area contributed by atoms with Gasteiger partial charge in [0.25, 0.3) is 0 Å². The third kappa shape index (κ3) is 2.94. The Morgan fingerprint density at radius 1 is 1.53 bits per heavy atom.